The fourth-order valence-electron chi connectivity index (χ4n) is 21.3. The molecule has 2 aromatic heterocycles. The number of hydrogen-bond donors (Lipinski definition) is 0. The zero-order valence-corrected chi connectivity index (χ0v) is 66.7. The van der Waals surface area contributed by atoms with Gasteiger partial charge in [-0.2, -0.15) is 0 Å². The number of nitrogens with zero attached hydrogens (tertiary/aromatic N) is 2. The molecule has 0 unspecified atom stereocenters. The molecule has 4 aliphatic rings. The normalized spacial score (nSPS) is 13.3. The van der Waals surface area contributed by atoms with Crippen LogP contribution >= 0.6 is 0 Å². The minimum absolute atomic E-state index is 0.0907. The van der Waals surface area contributed by atoms with Crippen LogP contribution in [0.15, 0.2) is 397 Å². The predicted molar refractivity (Wildman–Crippen MR) is 502 cm³/mol. The fraction of sp³-hybridized carbons (Fsp3) is 0.0517. The Bertz CT molecular complexity index is 7900. The molecular weight excluding hydrogens is 1450 g/mol. The summed E-state index contributed by atoms with van der Waals surface area (Å²) in [5, 5.41) is 9.64. The van der Waals surface area contributed by atoms with E-state index in [4.69, 9.17) is 8.83 Å². The van der Waals surface area contributed by atoms with Crippen molar-refractivity contribution in [2.75, 3.05) is 9.80 Å². The van der Waals surface area contributed by atoms with Crippen LogP contribution in [0, 0.1) is 0 Å². The highest BCUT2D eigenvalue weighted by Gasteiger charge is 2.40. The highest BCUT2D eigenvalue weighted by molar-refractivity contribution is 6.21. The van der Waals surface area contributed by atoms with E-state index in [1.165, 1.54) is 155 Å². The van der Waals surface area contributed by atoms with Gasteiger partial charge in [-0.15, -0.1) is 0 Å². The van der Waals surface area contributed by atoms with Crippen LogP contribution in [0.25, 0.3) is 199 Å². The van der Waals surface area contributed by atoms with Gasteiger partial charge in [-0.25, -0.2) is 0 Å². The van der Waals surface area contributed by atoms with Crippen LogP contribution in [-0.2, 0) is 10.8 Å². The number of fused-ring (bicyclic) bond motifs is 18. The largest absolute Gasteiger partial charge is 0.455 e. The summed E-state index contributed by atoms with van der Waals surface area (Å²) in [6, 6.07) is 144. The Hall–Kier alpha value is -15.1. The van der Waals surface area contributed by atoms with Crippen molar-refractivity contribution in [3.05, 3.63) is 411 Å². The van der Waals surface area contributed by atoms with Crippen LogP contribution in [0.3, 0.4) is 0 Å². The van der Waals surface area contributed by atoms with Crippen LogP contribution in [0.4, 0.5) is 34.1 Å². The maximum absolute atomic E-state index is 6.60. The SMILES string of the molecule is CC1(C)c2ccccc2-c2ccc(-c3ccc(N(c4ccc(-c5ccc6c7c(cccc57)-c5cc(-c7cccc8c7C(C)(C)c7cc(N(c9ccc(-c%10ccc%11c%12c(cccc%10%12)-c%10ccccc%10-%11)cc9)c9ccc(-c%10cccc%11c%10oc%10ccccc%10%11)cc9)ccc7-8)ccc5-6)cc4)c4ccc(-c5cccc6c5oc5ccccc56)cc4)cc3)cc21. The molecule has 120 heavy (non-hydrogen) atoms. The van der Waals surface area contributed by atoms with Gasteiger partial charge in [0.1, 0.15) is 22.3 Å². The van der Waals surface area contributed by atoms with Crippen molar-refractivity contribution in [2.24, 2.45) is 0 Å². The van der Waals surface area contributed by atoms with Crippen LogP contribution < -0.4 is 9.80 Å². The first-order valence-electron chi connectivity index (χ1n) is 41.8. The molecule has 0 amide bonds. The number of furan rings is 2. The lowest BCUT2D eigenvalue weighted by Crippen LogP contribution is -2.17. The summed E-state index contributed by atoms with van der Waals surface area (Å²) < 4.78 is 13.2. The van der Waals surface area contributed by atoms with Crippen LogP contribution in [0.2, 0.25) is 0 Å². The Morgan fingerprint density at radius 1 is 0.183 bits per heavy atom. The number of anilines is 6. The lowest BCUT2D eigenvalue weighted by molar-refractivity contribution is 0.660. The third kappa shape index (κ3) is 10.1. The molecule has 4 aliphatic carbocycles. The van der Waals surface area contributed by atoms with Gasteiger partial charge in [-0.1, -0.05) is 319 Å². The molecule has 0 radical (unpaired) electrons. The lowest BCUT2D eigenvalue weighted by Gasteiger charge is -2.29. The van der Waals surface area contributed by atoms with E-state index in [0.717, 1.165) is 100 Å². The molecule has 4 heteroatoms. The molecular formula is C116H76N2O2. The summed E-state index contributed by atoms with van der Waals surface area (Å²) in [7, 11) is 0. The standard InChI is InChI=1S/C116H76N2O2/c1-115(2)105-33-10-7-20-90(105)91-60-46-74(67-106(91)115)69-36-48-76(49-37-69)117(78-54-42-72(43-55-78)85-24-14-31-102-93-21-8-11-34-108(93)119-113(85)102)77-50-38-70(39-51-77)83-63-65-100-89-59-47-75(66-104(89)98-29-17-27-96(83)111(98)100)84-23-13-30-101-92-61-58-81(68-107(92)116(3,4)112(84)101)118(80-56-44-73(45-57-80)86-25-15-32-103-94-22-9-12-35-109(94)120-114(86)103)79-52-40-71(41-53-79)82-62-64-99-88-19-6-5-18-87(88)97-28-16-26-95(82)110(97)99/h5-68H,1-4H3. The molecule has 0 saturated heterocycles. The van der Waals surface area contributed by atoms with Crippen molar-refractivity contribution in [3.8, 4) is 134 Å². The molecule has 25 rings (SSSR count). The van der Waals surface area contributed by atoms with Gasteiger partial charge < -0.3 is 18.6 Å². The first kappa shape index (κ1) is 68.2. The Balaban J connectivity index is 0.543. The van der Waals surface area contributed by atoms with Gasteiger partial charge in [0.2, 0.25) is 0 Å². The Kier molecular flexibility index (Phi) is 14.6. The van der Waals surface area contributed by atoms with E-state index in [-0.39, 0.29) is 10.8 Å². The van der Waals surface area contributed by atoms with Gasteiger partial charge in [0.05, 0.1) is 0 Å². The quantitative estimate of drug-likeness (QED) is 0.122. The Labute approximate surface area is 696 Å². The molecule has 0 spiro atoms. The molecule has 0 saturated carbocycles. The molecule has 0 N–H and O–H groups in total. The van der Waals surface area contributed by atoms with Gasteiger partial charge in [-0.05, 0) is 263 Å². The van der Waals surface area contributed by atoms with E-state index >= 15 is 0 Å². The Morgan fingerprint density at radius 3 is 1.06 bits per heavy atom. The number of para-hydroxylation sites is 4. The van der Waals surface area contributed by atoms with Crippen molar-refractivity contribution in [3.63, 3.8) is 0 Å². The highest BCUT2D eigenvalue weighted by Crippen LogP contribution is 2.58. The van der Waals surface area contributed by atoms with Crippen LogP contribution in [-0.4, -0.2) is 0 Å². The molecule has 4 nitrogen and oxygen atoms in total. The van der Waals surface area contributed by atoms with Gasteiger partial charge in [-0.3, -0.25) is 0 Å². The molecule has 0 atom stereocenters. The third-order valence-electron chi connectivity index (χ3n) is 27.0. The molecule has 0 fully saturated rings. The van der Waals surface area contributed by atoms with E-state index in [2.05, 4.69) is 414 Å². The molecule has 21 aromatic rings. The van der Waals surface area contributed by atoms with E-state index in [1.807, 2.05) is 12.1 Å². The smallest absolute Gasteiger partial charge is 0.143 e. The first-order chi connectivity index (χ1) is 59.0. The van der Waals surface area contributed by atoms with Crippen molar-refractivity contribution >= 4 is 99.5 Å². The average Bonchev–Trinajstić information content (AvgIpc) is 1.57. The second-order valence-corrected chi connectivity index (χ2v) is 34.1. The molecule has 0 bridgehead atoms. The van der Waals surface area contributed by atoms with E-state index in [0.29, 0.717) is 0 Å². The summed E-state index contributed by atoms with van der Waals surface area (Å²) in [4.78, 5) is 4.83. The van der Waals surface area contributed by atoms with Crippen molar-refractivity contribution < 1.29 is 8.83 Å². The average molecular weight is 1530 g/mol. The number of rotatable bonds is 12. The summed E-state index contributed by atoms with van der Waals surface area (Å²) in [6.07, 6.45) is 0. The van der Waals surface area contributed by atoms with Gasteiger partial charge in [0.25, 0.3) is 0 Å². The van der Waals surface area contributed by atoms with E-state index in [1.54, 1.807) is 0 Å². The van der Waals surface area contributed by atoms with Crippen molar-refractivity contribution in [1.29, 1.82) is 0 Å². The summed E-state index contributed by atoms with van der Waals surface area (Å²) >= 11 is 0. The molecule has 19 aromatic carbocycles. The monoisotopic (exact) mass is 1530 g/mol. The minimum atomic E-state index is -0.364. The minimum Gasteiger partial charge on any atom is -0.455 e. The molecule has 0 aliphatic heterocycles. The van der Waals surface area contributed by atoms with Crippen molar-refractivity contribution in [2.45, 2.75) is 38.5 Å². The second kappa shape index (κ2) is 25.7. The predicted octanol–water partition coefficient (Wildman–Crippen LogP) is 32.6. The first-order valence-corrected chi connectivity index (χ1v) is 41.8. The van der Waals surface area contributed by atoms with Crippen LogP contribution in [0.1, 0.15) is 49.9 Å². The van der Waals surface area contributed by atoms with Gasteiger partial charge >= 0.3 is 0 Å². The lowest BCUT2D eigenvalue weighted by atomic mass is 9.78. The highest BCUT2D eigenvalue weighted by atomic mass is 16.3. The summed E-state index contributed by atoms with van der Waals surface area (Å²) in [5.74, 6) is 0. The topological polar surface area (TPSA) is 32.8 Å². The fourth-order valence-corrected chi connectivity index (χ4v) is 21.3. The number of benzene rings is 19. The van der Waals surface area contributed by atoms with Gasteiger partial charge in [0, 0.05) is 77.6 Å². The number of hydrogen-bond acceptors (Lipinski definition) is 4. The maximum Gasteiger partial charge on any atom is 0.143 e. The van der Waals surface area contributed by atoms with Gasteiger partial charge in [0.15, 0.2) is 0 Å². The third-order valence-corrected chi connectivity index (χ3v) is 27.0. The maximum atomic E-state index is 6.60. The van der Waals surface area contributed by atoms with Crippen molar-refractivity contribution in [1.82, 2.24) is 0 Å². The molecule has 2 heterocycles. The van der Waals surface area contributed by atoms with Crippen LogP contribution in [0.5, 0.6) is 0 Å². The molecule has 562 valence electrons. The van der Waals surface area contributed by atoms with E-state index in [9.17, 15) is 0 Å². The Morgan fingerprint density at radius 2 is 0.508 bits per heavy atom. The summed E-state index contributed by atoms with van der Waals surface area (Å²) in [6.45, 7) is 9.57. The zero-order valence-electron chi connectivity index (χ0n) is 66.7. The zero-order chi connectivity index (χ0) is 79.4. The second-order valence-electron chi connectivity index (χ2n) is 34.1. The summed E-state index contributed by atoms with van der Waals surface area (Å²) in [5.41, 5.74) is 44.5. The van der Waals surface area contributed by atoms with E-state index < -0.39 is 0 Å².